The lowest BCUT2D eigenvalue weighted by molar-refractivity contribution is 0.593. The van der Waals surface area contributed by atoms with Crippen molar-refractivity contribution in [2.75, 3.05) is 0 Å². The molecule has 0 aliphatic heterocycles. The number of aryl methyl sites for hydroxylation is 1. The largest absolute Gasteiger partial charge is 0.435 e. The molecule has 2 aromatic carbocycles. The maximum Gasteiger partial charge on any atom is 0.227 e. The zero-order valence-corrected chi connectivity index (χ0v) is 13.0. The predicted molar refractivity (Wildman–Crippen MR) is 88.3 cm³/mol. The highest BCUT2D eigenvalue weighted by Gasteiger charge is 2.14. The van der Waals surface area contributed by atoms with Gasteiger partial charge < -0.3 is 4.42 Å². The molecule has 0 unspecified atom stereocenters. The molecule has 0 bridgehead atoms. The molecule has 3 rings (SSSR count). The van der Waals surface area contributed by atoms with Crippen LogP contribution in [0.2, 0.25) is 0 Å². The van der Waals surface area contributed by atoms with Crippen LogP contribution in [-0.4, -0.2) is 4.98 Å². The van der Waals surface area contributed by atoms with Crippen LogP contribution in [0.15, 0.2) is 41.3 Å². The molecule has 3 aromatic rings. The molecule has 2 nitrogen and oxygen atoms in total. The summed E-state index contributed by atoms with van der Waals surface area (Å²) >= 11 is 0. The first-order chi connectivity index (χ1) is 10.5. The Morgan fingerprint density at radius 3 is 2.64 bits per heavy atom. The van der Waals surface area contributed by atoms with E-state index in [2.05, 4.69) is 11.6 Å². The first kappa shape index (κ1) is 14.5. The Bertz CT molecular complexity index is 861. The van der Waals surface area contributed by atoms with Gasteiger partial charge in [0.05, 0.1) is 0 Å². The quantitative estimate of drug-likeness (QED) is 0.618. The highest BCUT2D eigenvalue weighted by Crippen LogP contribution is 2.30. The van der Waals surface area contributed by atoms with E-state index in [-0.39, 0.29) is 11.7 Å². The molecule has 1 aromatic heterocycles. The maximum absolute atomic E-state index is 14.2. The lowest BCUT2D eigenvalue weighted by Gasteiger charge is -2.07. The second kappa shape index (κ2) is 5.41. The van der Waals surface area contributed by atoms with E-state index < -0.39 is 0 Å². The molecule has 1 heterocycles. The van der Waals surface area contributed by atoms with Gasteiger partial charge in [0.15, 0.2) is 5.58 Å². The van der Waals surface area contributed by atoms with Gasteiger partial charge in [0.1, 0.15) is 11.3 Å². The average molecular weight is 295 g/mol. The van der Waals surface area contributed by atoms with Gasteiger partial charge in [-0.15, -0.1) is 0 Å². The van der Waals surface area contributed by atoms with Crippen molar-refractivity contribution in [1.29, 1.82) is 0 Å². The monoisotopic (exact) mass is 295 g/mol. The summed E-state index contributed by atoms with van der Waals surface area (Å²) in [5, 5.41) is 0. The highest BCUT2D eigenvalue weighted by atomic mass is 19.1. The highest BCUT2D eigenvalue weighted by molar-refractivity contribution is 5.85. The molecule has 0 radical (unpaired) electrons. The van der Waals surface area contributed by atoms with Gasteiger partial charge in [0.2, 0.25) is 5.89 Å². The van der Waals surface area contributed by atoms with Gasteiger partial charge in [-0.2, -0.15) is 0 Å². The third-order valence-electron chi connectivity index (χ3n) is 3.75. The van der Waals surface area contributed by atoms with Crippen molar-refractivity contribution in [3.05, 3.63) is 59.4 Å². The van der Waals surface area contributed by atoms with E-state index in [9.17, 15) is 4.39 Å². The van der Waals surface area contributed by atoms with E-state index >= 15 is 0 Å². The van der Waals surface area contributed by atoms with Crippen molar-refractivity contribution in [3.8, 4) is 11.5 Å². The van der Waals surface area contributed by atoms with Crippen molar-refractivity contribution in [2.24, 2.45) is 0 Å². The zero-order chi connectivity index (χ0) is 15.9. The molecule has 0 atom stereocenters. The molecule has 0 saturated heterocycles. The van der Waals surface area contributed by atoms with Crippen LogP contribution in [0.5, 0.6) is 0 Å². The van der Waals surface area contributed by atoms with Crippen molar-refractivity contribution in [1.82, 2.24) is 4.98 Å². The second-order valence-electron chi connectivity index (χ2n) is 5.82. The summed E-state index contributed by atoms with van der Waals surface area (Å²) in [6, 6.07) is 9.08. The van der Waals surface area contributed by atoms with Gasteiger partial charge in [-0.1, -0.05) is 32.6 Å². The van der Waals surface area contributed by atoms with Crippen LogP contribution in [-0.2, 0) is 0 Å². The van der Waals surface area contributed by atoms with Crippen LogP contribution < -0.4 is 0 Å². The van der Waals surface area contributed by atoms with Crippen molar-refractivity contribution in [3.63, 3.8) is 0 Å². The molecule has 0 spiro atoms. The summed E-state index contributed by atoms with van der Waals surface area (Å²) in [7, 11) is 0. The summed E-state index contributed by atoms with van der Waals surface area (Å²) in [4.78, 5) is 4.49. The van der Waals surface area contributed by atoms with Gasteiger partial charge in [-0.3, -0.25) is 0 Å². The van der Waals surface area contributed by atoms with Gasteiger partial charge >= 0.3 is 0 Å². The number of rotatable bonds is 3. The maximum atomic E-state index is 14.2. The number of hydrogen-bond acceptors (Lipinski definition) is 2. The van der Waals surface area contributed by atoms with Crippen LogP contribution in [0.25, 0.3) is 28.6 Å². The lowest BCUT2D eigenvalue weighted by Crippen LogP contribution is -1.93. The van der Waals surface area contributed by atoms with Crippen molar-refractivity contribution < 1.29 is 8.81 Å². The predicted octanol–water partition coefficient (Wildman–Crippen LogP) is 5.71. The molecule has 112 valence electrons. The smallest absolute Gasteiger partial charge is 0.227 e. The fraction of sp³-hybridized carbons (Fsp3) is 0.211. The summed E-state index contributed by atoms with van der Waals surface area (Å²) in [6.45, 7) is 9.74. The van der Waals surface area contributed by atoms with Crippen LogP contribution >= 0.6 is 0 Å². The molecule has 0 aliphatic carbocycles. The topological polar surface area (TPSA) is 26.0 Å². The normalized spacial score (nSPS) is 11.3. The average Bonchev–Trinajstić information content (AvgIpc) is 2.89. The number of oxazole rings is 1. The Balaban J connectivity index is 2.15. The standard InChI is InChI=1S/C19H18FNO/c1-5-13-8-12(4)9-17-18(13)22-19(21-17)14-6-7-15(11(2)3)16(20)10-14/h5-11H,1H2,2-4H3. The van der Waals surface area contributed by atoms with Gasteiger partial charge in [0.25, 0.3) is 0 Å². The number of benzene rings is 2. The summed E-state index contributed by atoms with van der Waals surface area (Å²) in [5.74, 6) is 0.348. The van der Waals surface area contributed by atoms with E-state index in [0.717, 1.165) is 16.6 Å². The van der Waals surface area contributed by atoms with E-state index in [4.69, 9.17) is 4.42 Å². The SMILES string of the molecule is C=Cc1cc(C)cc2nc(-c3ccc(C(C)C)c(F)c3)oc12. The third kappa shape index (κ3) is 2.43. The second-order valence-corrected chi connectivity index (χ2v) is 5.82. The first-order valence-electron chi connectivity index (χ1n) is 7.33. The van der Waals surface area contributed by atoms with E-state index in [1.807, 2.05) is 39.0 Å². The molecule has 22 heavy (non-hydrogen) atoms. The Morgan fingerprint density at radius 2 is 2.00 bits per heavy atom. The molecular weight excluding hydrogens is 277 g/mol. The minimum Gasteiger partial charge on any atom is -0.435 e. The Kier molecular flexibility index (Phi) is 3.57. The first-order valence-corrected chi connectivity index (χ1v) is 7.33. The molecule has 0 fully saturated rings. The van der Waals surface area contributed by atoms with Crippen LogP contribution in [0, 0.1) is 12.7 Å². The number of halogens is 1. The molecule has 0 saturated carbocycles. The number of nitrogens with zero attached hydrogens (tertiary/aromatic N) is 1. The van der Waals surface area contributed by atoms with Crippen LogP contribution in [0.3, 0.4) is 0 Å². The van der Waals surface area contributed by atoms with Gasteiger partial charge in [-0.25, -0.2) is 9.37 Å². The summed E-state index contributed by atoms with van der Waals surface area (Å²) in [5.41, 5.74) is 4.77. The molecule has 0 amide bonds. The minimum atomic E-state index is -0.227. The Hall–Kier alpha value is -2.42. The van der Waals surface area contributed by atoms with Crippen LogP contribution in [0.4, 0.5) is 4.39 Å². The fourth-order valence-electron chi connectivity index (χ4n) is 2.61. The van der Waals surface area contributed by atoms with Crippen LogP contribution in [0.1, 0.15) is 36.5 Å². The number of aromatic nitrogens is 1. The molecule has 0 N–H and O–H groups in total. The van der Waals surface area contributed by atoms with Gasteiger partial charge in [0, 0.05) is 11.1 Å². The third-order valence-corrected chi connectivity index (χ3v) is 3.75. The molecule has 0 aliphatic rings. The van der Waals surface area contributed by atoms with Crippen molar-refractivity contribution in [2.45, 2.75) is 26.7 Å². The summed E-state index contributed by atoms with van der Waals surface area (Å²) < 4.78 is 20.0. The molecular formula is C19H18FNO. The van der Waals surface area contributed by atoms with Crippen molar-refractivity contribution >= 4 is 17.2 Å². The fourth-order valence-corrected chi connectivity index (χ4v) is 2.61. The zero-order valence-electron chi connectivity index (χ0n) is 13.0. The number of fused-ring (bicyclic) bond motifs is 1. The molecule has 3 heteroatoms. The van der Waals surface area contributed by atoms with Gasteiger partial charge in [-0.05, 0) is 48.2 Å². The Morgan fingerprint density at radius 1 is 1.23 bits per heavy atom. The minimum absolute atomic E-state index is 0.146. The van der Waals surface area contributed by atoms with E-state index in [1.165, 1.54) is 6.07 Å². The van der Waals surface area contributed by atoms with E-state index in [0.29, 0.717) is 22.6 Å². The van der Waals surface area contributed by atoms with E-state index in [1.54, 1.807) is 12.1 Å². The Labute approximate surface area is 129 Å². The lowest BCUT2D eigenvalue weighted by atomic mass is 10.0. The summed E-state index contributed by atoms with van der Waals surface area (Å²) in [6.07, 6.45) is 1.74. The number of hydrogen-bond donors (Lipinski definition) is 0.